The number of rotatable bonds is 7. The van der Waals surface area contributed by atoms with Crippen molar-refractivity contribution in [3.63, 3.8) is 0 Å². The van der Waals surface area contributed by atoms with Crippen LogP contribution in [0.5, 0.6) is 0 Å². The maximum absolute atomic E-state index is 9.28. The molecule has 0 spiro atoms. The van der Waals surface area contributed by atoms with Crippen LogP contribution in [0.3, 0.4) is 0 Å². The van der Waals surface area contributed by atoms with E-state index < -0.39 is 0 Å². The van der Waals surface area contributed by atoms with Crippen LogP contribution < -0.4 is 5.73 Å². The highest BCUT2D eigenvalue weighted by Gasteiger charge is 2.19. The summed E-state index contributed by atoms with van der Waals surface area (Å²) in [4.78, 5) is 3.49. The van der Waals surface area contributed by atoms with Gasteiger partial charge in [-0.15, -0.1) is 11.3 Å². The van der Waals surface area contributed by atoms with Gasteiger partial charge in [0.25, 0.3) is 0 Å². The second-order valence-corrected chi connectivity index (χ2v) is 5.43. The molecule has 2 aromatic rings. The minimum absolute atomic E-state index is 0.148. The van der Waals surface area contributed by atoms with Gasteiger partial charge in [-0.25, -0.2) is 0 Å². The first-order chi connectivity index (χ1) is 9.35. The number of aliphatic hydroxyl groups excluding tert-OH is 1. The second kappa shape index (κ2) is 7.40. The molecule has 0 aliphatic heterocycles. The molecule has 102 valence electrons. The van der Waals surface area contributed by atoms with Crippen LogP contribution in [0.2, 0.25) is 0 Å². The van der Waals surface area contributed by atoms with Crippen molar-refractivity contribution in [3.05, 3.63) is 58.3 Å². The van der Waals surface area contributed by atoms with Crippen molar-refractivity contribution in [2.75, 3.05) is 19.7 Å². The third-order valence-corrected chi connectivity index (χ3v) is 4.12. The average Bonchev–Trinajstić information content (AvgIpc) is 2.95. The molecule has 1 aromatic heterocycles. The molecule has 3 nitrogen and oxygen atoms in total. The molecule has 0 saturated carbocycles. The fourth-order valence-electron chi connectivity index (χ4n) is 2.22. The summed E-state index contributed by atoms with van der Waals surface area (Å²) in [5, 5.41) is 11.3. The van der Waals surface area contributed by atoms with Gasteiger partial charge in [-0.3, -0.25) is 4.90 Å². The van der Waals surface area contributed by atoms with E-state index in [1.807, 2.05) is 24.3 Å². The van der Waals surface area contributed by atoms with E-state index in [1.54, 1.807) is 11.3 Å². The summed E-state index contributed by atoms with van der Waals surface area (Å²) in [6.45, 7) is 2.15. The molecule has 0 aliphatic rings. The Kier molecular flexibility index (Phi) is 5.54. The highest BCUT2D eigenvalue weighted by Crippen LogP contribution is 2.25. The molecule has 0 amide bonds. The van der Waals surface area contributed by atoms with Crippen LogP contribution in [0.1, 0.15) is 16.5 Å². The van der Waals surface area contributed by atoms with Crippen LogP contribution in [0.4, 0.5) is 0 Å². The Morgan fingerprint density at radius 3 is 2.53 bits per heavy atom. The van der Waals surface area contributed by atoms with Crippen LogP contribution in [0, 0.1) is 0 Å². The maximum atomic E-state index is 9.28. The van der Waals surface area contributed by atoms with E-state index in [4.69, 9.17) is 5.73 Å². The van der Waals surface area contributed by atoms with Gasteiger partial charge < -0.3 is 10.8 Å². The van der Waals surface area contributed by atoms with Crippen molar-refractivity contribution in [2.45, 2.75) is 12.6 Å². The molecular weight excluding hydrogens is 256 g/mol. The molecule has 0 saturated heterocycles. The molecular formula is C15H20N2OS. The highest BCUT2D eigenvalue weighted by atomic mass is 32.1. The largest absolute Gasteiger partial charge is 0.395 e. The van der Waals surface area contributed by atoms with Crippen LogP contribution in [-0.2, 0) is 6.54 Å². The topological polar surface area (TPSA) is 49.5 Å². The lowest BCUT2D eigenvalue weighted by molar-refractivity contribution is 0.148. The second-order valence-electron chi connectivity index (χ2n) is 4.45. The van der Waals surface area contributed by atoms with Gasteiger partial charge in [0.05, 0.1) is 12.6 Å². The third-order valence-electron chi connectivity index (χ3n) is 3.15. The summed E-state index contributed by atoms with van der Waals surface area (Å²) in [6, 6.07) is 14.6. The fourth-order valence-corrected chi connectivity index (χ4v) is 3.09. The molecule has 1 unspecified atom stereocenters. The number of aliphatic hydroxyl groups is 1. The van der Waals surface area contributed by atoms with Gasteiger partial charge in [0, 0.05) is 24.5 Å². The van der Waals surface area contributed by atoms with Crippen LogP contribution in [-0.4, -0.2) is 29.7 Å². The molecule has 4 heteroatoms. The molecule has 3 N–H and O–H groups in total. The first kappa shape index (κ1) is 14.2. The summed E-state index contributed by atoms with van der Waals surface area (Å²) in [6.07, 6.45) is 0. The highest BCUT2D eigenvalue weighted by molar-refractivity contribution is 7.10. The molecule has 0 fully saturated rings. The first-order valence-electron chi connectivity index (χ1n) is 6.47. The quantitative estimate of drug-likeness (QED) is 0.815. The standard InChI is InChI=1S/C15H20N2OS/c16-11-14(15-7-4-10-19-15)17(8-9-18)12-13-5-2-1-3-6-13/h1-7,10,14,18H,8-9,11-12,16H2. The van der Waals surface area contributed by atoms with E-state index >= 15 is 0 Å². The van der Waals surface area contributed by atoms with E-state index in [0.29, 0.717) is 13.1 Å². The number of hydrogen-bond donors (Lipinski definition) is 2. The molecule has 2 rings (SSSR count). The molecule has 0 radical (unpaired) electrons. The van der Waals surface area contributed by atoms with Gasteiger partial charge >= 0.3 is 0 Å². The van der Waals surface area contributed by atoms with Crippen molar-refractivity contribution in [2.24, 2.45) is 5.73 Å². The van der Waals surface area contributed by atoms with Crippen molar-refractivity contribution < 1.29 is 5.11 Å². The van der Waals surface area contributed by atoms with E-state index in [2.05, 4.69) is 28.5 Å². The van der Waals surface area contributed by atoms with Gasteiger partial charge in [-0.05, 0) is 17.0 Å². The lowest BCUT2D eigenvalue weighted by Gasteiger charge is -2.29. The Bertz CT molecular complexity index is 458. The van der Waals surface area contributed by atoms with Crippen molar-refractivity contribution in [1.82, 2.24) is 4.90 Å². The lowest BCUT2D eigenvalue weighted by atomic mass is 10.1. The normalized spacial score (nSPS) is 12.8. The number of nitrogens with two attached hydrogens (primary N) is 1. The minimum atomic E-state index is 0.148. The SMILES string of the molecule is NCC(c1cccs1)N(CCO)Cc1ccccc1. The Labute approximate surface area is 118 Å². The van der Waals surface area contributed by atoms with Crippen LogP contribution >= 0.6 is 11.3 Å². The van der Waals surface area contributed by atoms with E-state index in [9.17, 15) is 5.11 Å². The summed E-state index contributed by atoms with van der Waals surface area (Å²) < 4.78 is 0. The molecule has 1 atom stereocenters. The summed E-state index contributed by atoms with van der Waals surface area (Å²) in [5.74, 6) is 0. The van der Waals surface area contributed by atoms with Gasteiger partial charge in [0.1, 0.15) is 0 Å². The zero-order valence-electron chi connectivity index (χ0n) is 10.9. The zero-order chi connectivity index (χ0) is 13.5. The number of benzene rings is 1. The van der Waals surface area contributed by atoms with Crippen LogP contribution in [0.25, 0.3) is 0 Å². The van der Waals surface area contributed by atoms with E-state index in [1.165, 1.54) is 10.4 Å². The Morgan fingerprint density at radius 2 is 1.95 bits per heavy atom. The Hall–Kier alpha value is -1.20. The van der Waals surface area contributed by atoms with Gasteiger partial charge in [-0.2, -0.15) is 0 Å². The average molecular weight is 276 g/mol. The summed E-state index contributed by atoms with van der Waals surface area (Å²) in [7, 11) is 0. The molecule has 19 heavy (non-hydrogen) atoms. The summed E-state index contributed by atoms with van der Waals surface area (Å²) >= 11 is 1.72. The van der Waals surface area contributed by atoms with E-state index in [0.717, 1.165) is 6.54 Å². The maximum Gasteiger partial charge on any atom is 0.0568 e. The van der Waals surface area contributed by atoms with Crippen LogP contribution in [0.15, 0.2) is 47.8 Å². The van der Waals surface area contributed by atoms with Crippen molar-refractivity contribution >= 4 is 11.3 Å². The molecule has 1 heterocycles. The zero-order valence-corrected chi connectivity index (χ0v) is 11.7. The van der Waals surface area contributed by atoms with Gasteiger partial charge in [0.15, 0.2) is 0 Å². The van der Waals surface area contributed by atoms with Gasteiger partial charge in [0.2, 0.25) is 0 Å². The third kappa shape index (κ3) is 3.88. The summed E-state index contributed by atoms with van der Waals surface area (Å²) in [5.41, 5.74) is 7.17. The van der Waals surface area contributed by atoms with Crippen molar-refractivity contribution in [1.29, 1.82) is 0 Å². The number of hydrogen-bond acceptors (Lipinski definition) is 4. The number of nitrogens with zero attached hydrogens (tertiary/aromatic N) is 1. The minimum Gasteiger partial charge on any atom is -0.395 e. The molecule has 0 aliphatic carbocycles. The molecule has 1 aromatic carbocycles. The monoisotopic (exact) mass is 276 g/mol. The fraction of sp³-hybridized carbons (Fsp3) is 0.333. The smallest absolute Gasteiger partial charge is 0.0568 e. The Morgan fingerprint density at radius 1 is 1.16 bits per heavy atom. The van der Waals surface area contributed by atoms with Gasteiger partial charge in [-0.1, -0.05) is 36.4 Å². The van der Waals surface area contributed by atoms with E-state index in [-0.39, 0.29) is 12.6 Å². The number of thiophene rings is 1. The first-order valence-corrected chi connectivity index (χ1v) is 7.35. The predicted octanol–water partition coefficient (Wildman–Crippen LogP) is 2.24. The molecule has 0 bridgehead atoms. The van der Waals surface area contributed by atoms with Crippen molar-refractivity contribution in [3.8, 4) is 0 Å². The predicted molar refractivity (Wildman–Crippen MR) is 80.1 cm³/mol. The Balaban J connectivity index is 2.14. The lowest BCUT2D eigenvalue weighted by Crippen LogP contribution is -2.35.